The highest BCUT2D eigenvalue weighted by molar-refractivity contribution is 5.88. The number of hydrogen-bond donors (Lipinski definition) is 1. The Hall–Kier alpha value is -1.57. The lowest BCUT2D eigenvalue weighted by Gasteiger charge is -2.24. The summed E-state index contributed by atoms with van der Waals surface area (Å²) in [6.45, 7) is 2.29. The summed E-state index contributed by atoms with van der Waals surface area (Å²) in [6, 6.07) is 1.97. The molecule has 2 N–H and O–H groups in total. The highest BCUT2D eigenvalue weighted by Crippen LogP contribution is 2.22. The summed E-state index contributed by atoms with van der Waals surface area (Å²) in [5, 5.41) is 8.61. The zero-order chi connectivity index (χ0) is 11.4. The van der Waals surface area contributed by atoms with Crippen molar-refractivity contribution in [3.8, 4) is 6.07 Å². The van der Waals surface area contributed by atoms with Crippen LogP contribution in [0, 0.1) is 17.2 Å². The molecule has 15 heavy (non-hydrogen) atoms. The van der Waals surface area contributed by atoms with E-state index in [1.165, 1.54) is 0 Å². The van der Waals surface area contributed by atoms with Crippen LogP contribution in [0.1, 0.15) is 26.2 Å². The fraction of sp³-hybridized carbons (Fsp3) is 0.700. The van der Waals surface area contributed by atoms with Gasteiger partial charge in [0.2, 0.25) is 11.8 Å². The summed E-state index contributed by atoms with van der Waals surface area (Å²) >= 11 is 0. The average molecular weight is 209 g/mol. The number of nitrogens with two attached hydrogens (primary N) is 1. The lowest BCUT2D eigenvalue weighted by Crippen LogP contribution is -2.37. The Bertz CT molecular complexity index is 308. The molecule has 0 aromatic heterocycles. The maximum Gasteiger partial charge on any atom is 0.223 e. The van der Waals surface area contributed by atoms with Gasteiger partial charge in [-0.2, -0.15) is 5.26 Å². The monoisotopic (exact) mass is 209 g/mol. The number of nitriles is 1. The first kappa shape index (κ1) is 11.5. The minimum atomic E-state index is -0.433. The third-order valence-electron chi connectivity index (χ3n) is 2.80. The zero-order valence-corrected chi connectivity index (χ0v) is 8.77. The summed E-state index contributed by atoms with van der Waals surface area (Å²) < 4.78 is 0. The normalized spacial score (nSPS) is 22.5. The van der Waals surface area contributed by atoms with Gasteiger partial charge in [0.25, 0.3) is 0 Å². The van der Waals surface area contributed by atoms with Gasteiger partial charge in [0, 0.05) is 19.0 Å². The summed E-state index contributed by atoms with van der Waals surface area (Å²) in [5.41, 5.74) is 5.15. The van der Waals surface area contributed by atoms with Crippen LogP contribution in [0.3, 0.4) is 0 Å². The average Bonchev–Trinajstić information content (AvgIpc) is 2.57. The highest BCUT2D eigenvalue weighted by atomic mass is 16.2. The minimum absolute atomic E-state index is 0.0686. The molecule has 82 valence electrons. The van der Waals surface area contributed by atoms with Crippen molar-refractivity contribution in [1.82, 2.24) is 4.90 Å². The molecule has 0 saturated carbocycles. The molecule has 5 nitrogen and oxygen atoms in total. The molecule has 2 amide bonds. The molecular weight excluding hydrogens is 194 g/mol. The van der Waals surface area contributed by atoms with Gasteiger partial charge in [0.05, 0.1) is 18.4 Å². The van der Waals surface area contributed by atoms with Gasteiger partial charge in [0.1, 0.15) is 0 Å². The van der Waals surface area contributed by atoms with Gasteiger partial charge in [-0.15, -0.1) is 0 Å². The molecule has 0 spiro atoms. The third kappa shape index (κ3) is 2.46. The molecule has 1 heterocycles. The zero-order valence-electron chi connectivity index (χ0n) is 8.77. The molecule has 1 aliphatic rings. The van der Waals surface area contributed by atoms with Gasteiger partial charge >= 0.3 is 0 Å². The number of likely N-dealkylation sites (tertiary alicyclic amines) is 1. The quantitative estimate of drug-likeness (QED) is 0.707. The Labute approximate surface area is 88.8 Å². The Morgan fingerprint density at radius 3 is 2.87 bits per heavy atom. The third-order valence-corrected chi connectivity index (χ3v) is 2.80. The van der Waals surface area contributed by atoms with Crippen LogP contribution >= 0.6 is 0 Å². The van der Waals surface area contributed by atoms with Crippen molar-refractivity contribution in [3.05, 3.63) is 0 Å². The van der Waals surface area contributed by atoms with E-state index in [0.717, 1.165) is 6.42 Å². The second-order valence-corrected chi connectivity index (χ2v) is 3.77. The van der Waals surface area contributed by atoms with Crippen molar-refractivity contribution in [2.45, 2.75) is 32.2 Å². The van der Waals surface area contributed by atoms with Gasteiger partial charge < -0.3 is 10.6 Å². The van der Waals surface area contributed by atoms with E-state index in [9.17, 15) is 9.59 Å². The van der Waals surface area contributed by atoms with Crippen LogP contribution in [0.4, 0.5) is 0 Å². The summed E-state index contributed by atoms with van der Waals surface area (Å²) in [4.78, 5) is 24.1. The largest absolute Gasteiger partial charge is 0.369 e. The van der Waals surface area contributed by atoms with E-state index in [1.54, 1.807) is 4.90 Å². The first-order valence-corrected chi connectivity index (χ1v) is 5.05. The van der Waals surface area contributed by atoms with E-state index in [0.29, 0.717) is 13.0 Å². The molecule has 0 bridgehead atoms. The van der Waals surface area contributed by atoms with Crippen LogP contribution in [0.15, 0.2) is 0 Å². The van der Waals surface area contributed by atoms with Gasteiger partial charge in [-0.1, -0.05) is 6.92 Å². The smallest absolute Gasteiger partial charge is 0.223 e. The Morgan fingerprint density at radius 2 is 2.47 bits per heavy atom. The van der Waals surface area contributed by atoms with Crippen LogP contribution in [0.25, 0.3) is 0 Å². The standard InChI is InChI=1S/C10H15N3O2/c1-2-8(3-4-11)13-6-7(10(12)15)5-9(13)14/h7-8H,2-3,5-6H2,1H3,(H2,12,15). The molecule has 0 aliphatic carbocycles. The SMILES string of the molecule is CCC(CC#N)N1CC(C(N)=O)CC1=O. The molecule has 0 aromatic carbocycles. The predicted octanol–water partition coefficient (Wildman–Crippen LogP) is 0.0125. The van der Waals surface area contributed by atoms with Gasteiger partial charge in [-0.25, -0.2) is 0 Å². The van der Waals surface area contributed by atoms with Crippen LogP contribution in [0.5, 0.6) is 0 Å². The first-order chi connectivity index (χ1) is 7.10. The number of carbonyl (C=O) groups excluding carboxylic acids is 2. The van der Waals surface area contributed by atoms with Crippen molar-refractivity contribution in [2.75, 3.05) is 6.54 Å². The van der Waals surface area contributed by atoms with Crippen LogP contribution < -0.4 is 5.73 Å². The fourth-order valence-corrected chi connectivity index (χ4v) is 1.86. The molecule has 2 unspecified atom stereocenters. The summed E-state index contributed by atoms with van der Waals surface area (Å²) in [7, 11) is 0. The van der Waals surface area contributed by atoms with Crippen molar-refractivity contribution in [3.63, 3.8) is 0 Å². The summed E-state index contributed by atoms with van der Waals surface area (Å²) in [6.07, 6.45) is 1.23. The number of rotatable bonds is 4. The van der Waals surface area contributed by atoms with E-state index >= 15 is 0 Å². The molecule has 2 atom stereocenters. The first-order valence-electron chi connectivity index (χ1n) is 5.05. The lowest BCUT2D eigenvalue weighted by atomic mass is 10.1. The number of carbonyl (C=O) groups is 2. The number of primary amides is 1. The van der Waals surface area contributed by atoms with Crippen molar-refractivity contribution in [2.24, 2.45) is 11.7 Å². The van der Waals surface area contributed by atoms with Crippen molar-refractivity contribution in [1.29, 1.82) is 5.26 Å². The number of hydrogen-bond acceptors (Lipinski definition) is 3. The molecule has 1 fully saturated rings. The lowest BCUT2D eigenvalue weighted by molar-refractivity contribution is -0.130. The number of amides is 2. The van der Waals surface area contributed by atoms with Gasteiger partial charge in [0.15, 0.2) is 0 Å². The molecule has 5 heteroatoms. The van der Waals surface area contributed by atoms with E-state index in [1.807, 2.05) is 6.92 Å². The van der Waals surface area contributed by atoms with Crippen LogP contribution in [0.2, 0.25) is 0 Å². The second-order valence-electron chi connectivity index (χ2n) is 3.77. The molecule has 1 aliphatic heterocycles. The number of nitrogens with zero attached hydrogens (tertiary/aromatic N) is 2. The molecular formula is C10H15N3O2. The van der Waals surface area contributed by atoms with Crippen molar-refractivity contribution < 1.29 is 9.59 Å². The van der Waals surface area contributed by atoms with Crippen molar-refractivity contribution >= 4 is 11.8 Å². The fourth-order valence-electron chi connectivity index (χ4n) is 1.86. The van der Waals surface area contributed by atoms with E-state index < -0.39 is 5.91 Å². The second kappa shape index (κ2) is 4.78. The molecule has 1 rings (SSSR count). The van der Waals surface area contributed by atoms with E-state index in [-0.39, 0.29) is 24.3 Å². The van der Waals surface area contributed by atoms with E-state index in [4.69, 9.17) is 11.0 Å². The van der Waals surface area contributed by atoms with Gasteiger partial charge in [-0.3, -0.25) is 9.59 Å². The topological polar surface area (TPSA) is 87.2 Å². The maximum absolute atomic E-state index is 11.6. The van der Waals surface area contributed by atoms with Gasteiger partial charge in [-0.05, 0) is 6.42 Å². The predicted molar refractivity (Wildman–Crippen MR) is 53.3 cm³/mol. The Kier molecular flexibility index (Phi) is 3.67. The van der Waals surface area contributed by atoms with E-state index in [2.05, 4.69) is 6.07 Å². The summed E-state index contributed by atoms with van der Waals surface area (Å²) in [5.74, 6) is -0.885. The minimum Gasteiger partial charge on any atom is -0.369 e. The molecule has 1 saturated heterocycles. The molecule has 0 aromatic rings. The molecule has 0 radical (unpaired) electrons. The highest BCUT2D eigenvalue weighted by Gasteiger charge is 2.36. The Balaban J connectivity index is 2.67. The van der Waals surface area contributed by atoms with Crippen LogP contribution in [-0.2, 0) is 9.59 Å². The Morgan fingerprint density at radius 1 is 1.80 bits per heavy atom. The maximum atomic E-state index is 11.6. The van der Waals surface area contributed by atoms with Crippen LogP contribution in [-0.4, -0.2) is 29.3 Å².